The van der Waals surface area contributed by atoms with Gasteiger partial charge < -0.3 is 15.2 Å². The Hall–Kier alpha value is -2.75. The molecule has 2 N–H and O–H groups in total. The Morgan fingerprint density at radius 2 is 1.48 bits per heavy atom. The van der Waals surface area contributed by atoms with Crippen LogP contribution in [0.3, 0.4) is 0 Å². The van der Waals surface area contributed by atoms with E-state index in [0.29, 0.717) is 17.0 Å². The maximum absolute atomic E-state index is 12.4. The highest BCUT2D eigenvalue weighted by Crippen LogP contribution is 2.31. The number of carbonyl (C=O) groups is 1. The first-order valence-corrected chi connectivity index (χ1v) is 9.03. The van der Waals surface area contributed by atoms with Crippen molar-refractivity contribution >= 4 is 17.5 Å². The normalized spacial score (nSPS) is 12.2. The predicted molar refractivity (Wildman–Crippen MR) is 111 cm³/mol. The number of benzene rings is 2. The molecule has 4 nitrogen and oxygen atoms in total. The van der Waals surface area contributed by atoms with Crippen molar-refractivity contribution in [3.63, 3.8) is 0 Å². The van der Waals surface area contributed by atoms with Crippen molar-refractivity contribution in [2.45, 2.75) is 52.7 Å². The molecule has 2 aromatic rings. The number of nitrogen functional groups attached to an aromatic ring is 1. The lowest BCUT2D eigenvalue weighted by molar-refractivity contribution is 0.104. The third-order valence-electron chi connectivity index (χ3n) is 3.43. The molecule has 0 radical (unpaired) electrons. The van der Waals surface area contributed by atoms with Gasteiger partial charge in [0.25, 0.3) is 0 Å². The second-order valence-corrected chi connectivity index (χ2v) is 8.45. The zero-order valence-corrected chi connectivity index (χ0v) is 17.0. The van der Waals surface area contributed by atoms with Crippen molar-refractivity contribution in [2.75, 3.05) is 5.73 Å². The molecule has 4 heteroatoms. The van der Waals surface area contributed by atoms with Gasteiger partial charge in [0, 0.05) is 22.9 Å². The highest BCUT2D eigenvalue weighted by molar-refractivity contribution is 6.07. The molecule has 0 aliphatic carbocycles. The molecule has 0 fully saturated rings. The number of allylic oxidation sites excluding steroid dienone is 1. The minimum Gasteiger partial charge on any atom is -0.488 e. The first-order valence-electron chi connectivity index (χ1n) is 9.03. The quantitative estimate of drug-likeness (QED) is 0.429. The van der Waals surface area contributed by atoms with E-state index in [1.807, 2.05) is 59.7 Å². The van der Waals surface area contributed by atoms with Gasteiger partial charge in [-0.2, -0.15) is 0 Å². The average molecular weight is 367 g/mol. The zero-order valence-electron chi connectivity index (χ0n) is 17.0. The third-order valence-corrected chi connectivity index (χ3v) is 3.43. The van der Waals surface area contributed by atoms with E-state index in [4.69, 9.17) is 15.2 Å². The molecule has 27 heavy (non-hydrogen) atoms. The molecule has 0 saturated heterocycles. The molecular weight excluding hydrogens is 338 g/mol. The average Bonchev–Trinajstić information content (AvgIpc) is 2.51. The van der Waals surface area contributed by atoms with Crippen molar-refractivity contribution in [3.8, 4) is 11.5 Å². The van der Waals surface area contributed by atoms with E-state index in [2.05, 4.69) is 0 Å². The summed E-state index contributed by atoms with van der Waals surface area (Å²) in [6.45, 7) is 11.9. The Labute approximate surface area is 162 Å². The molecule has 0 aliphatic heterocycles. The standard InChI is InChI=1S/C23H29NO3/c1-22(2,3)26-19-13-9-17(21(15-19)27-23(4,5)6)10-14-20(25)16-7-11-18(24)12-8-16/h7-15H,24H2,1-6H3/b14-10+. The molecule has 144 valence electrons. The largest absolute Gasteiger partial charge is 0.488 e. The minimum atomic E-state index is -0.371. The van der Waals surface area contributed by atoms with Crippen molar-refractivity contribution in [3.05, 3.63) is 59.7 Å². The van der Waals surface area contributed by atoms with Crippen LogP contribution in [0.1, 0.15) is 57.5 Å². The first kappa shape index (κ1) is 20.6. The van der Waals surface area contributed by atoms with Crippen LogP contribution < -0.4 is 15.2 Å². The topological polar surface area (TPSA) is 61.5 Å². The van der Waals surface area contributed by atoms with Crippen molar-refractivity contribution in [1.82, 2.24) is 0 Å². The fourth-order valence-corrected chi connectivity index (χ4v) is 2.40. The molecule has 2 aromatic carbocycles. The minimum absolute atomic E-state index is 0.0910. The summed E-state index contributed by atoms with van der Waals surface area (Å²) in [5, 5.41) is 0. The molecule has 0 spiro atoms. The molecule has 0 bridgehead atoms. The van der Waals surface area contributed by atoms with Gasteiger partial charge in [-0.1, -0.05) is 0 Å². The Morgan fingerprint density at radius 1 is 0.889 bits per heavy atom. The zero-order chi connectivity index (χ0) is 20.2. The van der Waals surface area contributed by atoms with Crippen LogP contribution in [0, 0.1) is 0 Å². The summed E-state index contributed by atoms with van der Waals surface area (Å²) in [4.78, 5) is 12.4. The molecule has 0 saturated carbocycles. The fraction of sp³-hybridized carbons (Fsp3) is 0.348. The van der Waals surface area contributed by atoms with E-state index < -0.39 is 0 Å². The lowest BCUT2D eigenvalue weighted by Gasteiger charge is -2.25. The molecule has 0 unspecified atom stereocenters. The molecule has 0 heterocycles. The summed E-state index contributed by atoms with van der Waals surface area (Å²) in [6, 6.07) is 12.5. The van der Waals surface area contributed by atoms with Crippen LogP contribution in [0.2, 0.25) is 0 Å². The van der Waals surface area contributed by atoms with Gasteiger partial charge in [-0.15, -0.1) is 0 Å². The van der Waals surface area contributed by atoms with Gasteiger partial charge in [0.1, 0.15) is 22.7 Å². The number of ketones is 1. The van der Waals surface area contributed by atoms with Crippen LogP contribution >= 0.6 is 0 Å². The van der Waals surface area contributed by atoms with Gasteiger partial charge in [-0.25, -0.2) is 0 Å². The van der Waals surface area contributed by atoms with Crippen LogP contribution in [0.25, 0.3) is 6.08 Å². The number of anilines is 1. The van der Waals surface area contributed by atoms with Gasteiger partial charge in [-0.05, 0) is 90.1 Å². The highest BCUT2D eigenvalue weighted by Gasteiger charge is 2.17. The number of carbonyl (C=O) groups excluding carboxylic acids is 1. The molecule has 0 amide bonds. The second-order valence-electron chi connectivity index (χ2n) is 8.45. The number of nitrogens with two attached hydrogens (primary N) is 1. The molecule has 0 atom stereocenters. The van der Waals surface area contributed by atoms with Crippen molar-refractivity contribution < 1.29 is 14.3 Å². The summed E-state index contributed by atoms with van der Waals surface area (Å²) >= 11 is 0. The summed E-state index contributed by atoms with van der Waals surface area (Å²) in [5.41, 5.74) is 7.03. The Kier molecular flexibility index (Phi) is 5.99. The molecule has 0 aliphatic rings. The summed E-state index contributed by atoms with van der Waals surface area (Å²) < 4.78 is 12.0. The van der Waals surface area contributed by atoms with Gasteiger partial charge in [0.2, 0.25) is 0 Å². The maximum Gasteiger partial charge on any atom is 0.185 e. The van der Waals surface area contributed by atoms with E-state index in [0.717, 1.165) is 11.3 Å². The van der Waals surface area contributed by atoms with Crippen LogP contribution in [0.15, 0.2) is 48.5 Å². The van der Waals surface area contributed by atoms with Crippen LogP contribution in [0.4, 0.5) is 5.69 Å². The first-order chi connectivity index (χ1) is 12.4. The van der Waals surface area contributed by atoms with Gasteiger partial charge in [0.15, 0.2) is 5.78 Å². The van der Waals surface area contributed by atoms with E-state index in [9.17, 15) is 4.79 Å². The lowest BCUT2D eigenvalue weighted by atomic mass is 10.1. The number of ether oxygens (including phenoxy) is 2. The molecular formula is C23H29NO3. The molecule has 2 rings (SSSR count). The number of hydrogen-bond acceptors (Lipinski definition) is 4. The summed E-state index contributed by atoms with van der Waals surface area (Å²) in [7, 11) is 0. The van der Waals surface area contributed by atoms with E-state index in [-0.39, 0.29) is 17.0 Å². The smallest absolute Gasteiger partial charge is 0.185 e. The van der Waals surface area contributed by atoms with Crippen molar-refractivity contribution in [1.29, 1.82) is 0 Å². The van der Waals surface area contributed by atoms with Crippen LogP contribution in [-0.2, 0) is 0 Å². The van der Waals surface area contributed by atoms with Crippen molar-refractivity contribution in [2.24, 2.45) is 0 Å². The van der Waals surface area contributed by atoms with Gasteiger partial charge in [0.05, 0.1) is 0 Å². The number of rotatable bonds is 5. The fourth-order valence-electron chi connectivity index (χ4n) is 2.40. The summed E-state index contributed by atoms with van der Waals surface area (Å²) in [5.74, 6) is 1.31. The van der Waals surface area contributed by atoms with Gasteiger partial charge >= 0.3 is 0 Å². The lowest BCUT2D eigenvalue weighted by Crippen LogP contribution is -2.24. The monoisotopic (exact) mass is 367 g/mol. The maximum atomic E-state index is 12.4. The predicted octanol–water partition coefficient (Wildman–Crippen LogP) is 5.52. The van der Waals surface area contributed by atoms with Gasteiger partial charge in [-0.3, -0.25) is 4.79 Å². The Morgan fingerprint density at radius 3 is 2.04 bits per heavy atom. The Bertz CT molecular complexity index is 822. The highest BCUT2D eigenvalue weighted by atomic mass is 16.5. The summed E-state index contributed by atoms with van der Waals surface area (Å²) in [6.07, 6.45) is 3.31. The number of hydrogen-bond donors (Lipinski definition) is 1. The van der Waals surface area contributed by atoms with Crippen LogP contribution in [0.5, 0.6) is 11.5 Å². The molecule has 0 aromatic heterocycles. The van der Waals surface area contributed by atoms with E-state index >= 15 is 0 Å². The Balaban J connectivity index is 2.30. The SMILES string of the molecule is CC(C)(C)Oc1ccc(/C=C/C(=O)c2ccc(N)cc2)c(OC(C)(C)C)c1. The third kappa shape index (κ3) is 6.81. The second kappa shape index (κ2) is 7.87. The van der Waals surface area contributed by atoms with E-state index in [1.165, 1.54) is 0 Å². The van der Waals surface area contributed by atoms with E-state index in [1.54, 1.807) is 36.4 Å². The van der Waals surface area contributed by atoms with Crippen LogP contribution in [-0.4, -0.2) is 17.0 Å².